The number of aliphatic hydroxyl groups excluding tert-OH is 1. The van der Waals surface area contributed by atoms with Crippen LogP contribution >= 0.6 is 11.3 Å². The van der Waals surface area contributed by atoms with Crippen molar-refractivity contribution in [3.63, 3.8) is 0 Å². The summed E-state index contributed by atoms with van der Waals surface area (Å²) in [6.45, 7) is 9.23. The highest BCUT2D eigenvalue weighted by Gasteiger charge is 2.22. The van der Waals surface area contributed by atoms with Crippen molar-refractivity contribution >= 4 is 11.3 Å². The molecule has 90 valence electrons. The lowest BCUT2D eigenvalue weighted by atomic mass is 9.93. The molecule has 16 heavy (non-hydrogen) atoms. The van der Waals surface area contributed by atoms with Crippen LogP contribution in [0.3, 0.4) is 0 Å². The maximum Gasteiger partial charge on any atom is 0.107 e. The van der Waals surface area contributed by atoms with E-state index in [0.717, 1.165) is 26.1 Å². The summed E-state index contributed by atoms with van der Waals surface area (Å²) >= 11 is 1.73. The molecule has 1 aromatic rings. The number of aromatic nitrogens is 1. The van der Waals surface area contributed by atoms with Gasteiger partial charge >= 0.3 is 0 Å². The second-order valence-corrected chi connectivity index (χ2v) is 6.50. The summed E-state index contributed by atoms with van der Waals surface area (Å²) in [5.74, 6) is 0. The molecule has 0 unspecified atom stereocenters. The summed E-state index contributed by atoms with van der Waals surface area (Å²) in [6, 6.07) is 0. The van der Waals surface area contributed by atoms with Gasteiger partial charge in [0, 0.05) is 23.9 Å². The zero-order chi connectivity index (χ0) is 11.8. The second-order valence-electron chi connectivity index (χ2n) is 5.55. The molecule has 1 saturated heterocycles. The van der Waals surface area contributed by atoms with Crippen LogP contribution in [0.1, 0.15) is 37.9 Å². The van der Waals surface area contributed by atoms with Crippen LogP contribution in [0.2, 0.25) is 0 Å². The van der Waals surface area contributed by atoms with Gasteiger partial charge in [0.25, 0.3) is 0 Å². The van der Waals surface area contributed by atoms with Crippen molar-refractivity contribution in [3.8, 4) is 0 Å². The maximum atomic E-state index is 9.45. The minimum atomic E-state index is -0.137. The number of hydrogen-bond donors (Lipinski definition) is 1. The van der Waals surface area contributed by atoms with Gasteiger partial charge in [0.2, 0.25) is 0 Å². The molecule has 0 aliphatic carbocycles. The summed E-state index contributed by atoms with van der Waals surface area (Å²) in [5, 5.41) is 12.8. The minimum absolute atomic E-state index is 0.137. The van der Waals surface area contributed by atoms with Crippen molar-refractivity contribution in [2.45, 2.75) is 45.3 Å². The molecule has 0 amide bonds. The maximum absolute atomic E-state index is 9.45. The van der Waals surface area contributed by atoms with Crippen molar-refractivity contribution in [3.05, 3.63) is 16.1 Å². The van der Waals surface area contributed by atoms with Gasteiger partial charge in [0.05, 0.1) is 18.3 Å². The highest BCUT2D eigenvalue weighted by atomic mass is 32.1. The summed E-state index contributed by atoms with van der Waals surface area (Å²) in [5.41, 5.74) is 1.31. The first kappa shape index (κ1) is 12.0. The van der Waals surface area contributed by atoms with Crippen LogP contribution < -0.4 is 0 Å². The smallest absolute Gasteiger partial charge is 0.107 e. The highest BCUT2D eigenvalue weighted by molar-refractivity contribution is 7.09. The molecule has 4 heteroatoms. The number of β-amino-alcohol motifs (C(OH)–C–C–N with tert-alkyl or cyclic N) is 1. The third kappa shape index (κ3) is 2.81. The van der Waals surface area contributed by atoms with E-state index in [-0.39, 0.29) is 11.5 Å². The third-order valence-corrected chi connectivity index (χ3v) is 3.76. The molecular weight excluding hydrogens is 220 g/mol. The number of nitrogens with zero attached hydrogens (tertiary/aromatic N) is 2. The number of rotatable bonds is 2. The number of aliphatic hydroxyl groups is 1. The normalized spacial score (nSPS) is 22.9. The van der Waals surface area contributed by atoms with Gasteiger partial charge in [-0.25, -0.2) is 4.98 Å². The molecule has 1 aliphatic rings. The Labute approximate surface area is 101 Å². The summed E-state index contributed by atoms with van der Waals surface area (Å²) in [4.78, 5) is 6.94. The first-order valence-corrected chi connectivity index (χ1v) is 6.68. The topological polar surface area (TPSA) is 36.4 Å². The molecule has 1 aromatic heterocycles. The van der Waals surface area contributed by atoms with Crippen molar-refractivity contribution in [2.75, 3.05) is 13.1 Å². The van der Waals surface area contributed by atoms with E-state index in [1.54, 1.807) is 11.3 Å². The SMILES string of the molecule is CC(C)(C)c1csc(CN2CC[C@H](O)C2)n1. The Hall–Kier alpha value is -0.450. The number of hydrogen-bond acceptors (Lipinski definition) is 4. The van der Waals surface area contributed by atoms with Gasteiger partial charge in [0.1, 0.15) is 5.01 Å². The van der Waals surface area contributed by atoms with Crippen LogP contribution in [-0.2, 0) is 12.0 Å². The Morgan fingerprint density at radius 3 is 2.81 bits per heavy atom. The van der Waals surface area contributed by atoms with E-state index in [9.17, 15) is 5.11 Å². The molecule has 1 aliphatic heterocycles. The number of likely N-dealkylation sites (tertiary alicyclic amines) is 1. The molecule has 2 rings (SSSR count). The molecule has 0 spiro atoms. The zero-order valence-corrected chi connectivity index (χ0v) is 11.0. The average molecular weight is 240 g/mol. The van der Waals surface area contributed by atoms with Gasteiger partial charge in [-0.1, -0.05) is 20.8 Å². The molecule has 0 radical (unpaired) electrons. The second kappa shape index (κ2) is 4.43. The van der Waals surface area contributed by atoms with Crippen LogP contribution in [0, 0.1) is 0 Å². The molecule has 0 saturated carbocycles. The fraction of sp³-hybridized carbons (Fsp3) is 0.750. The molecule has 1 atom stereocenters. The van der Waals surface area contributed by atoms with E-state index in [1.807, 2.05) is 0 Å². The largest absolute Gasteiger partial charge is 0.392 e. The highest BCUT2D eigenvalue weighted by Crippen LogP contribution is 2.25. The van der Waals surface area contributed by atoms with Gasteiger partial charge in [-0.05, 0) is 6.42 Å². The minimum Gasteiger partial charge on any atom is -0.392 e. The van der Waals surface area contributed by atoms with E-state index < -0.39 is 0 Å². The molecule has 0 aromatic carbocycles. The van der Waals surface area contributed by atoms with Crippen LogP contribution in [0.4, 0.5) is 0 Å². The Balaban J connectivity index is 1.98. The number of thiazole rings is 1. The fourth-order valence-electron chi connectivity index (χ4n) is 1.88. The van der Waals surface area contributed by atoms with Gasteiger partial charge in [-0.2, -0.15) is 0 Å². The predicted octanol–water partition coefficient (Wildman–Crippen LogP) is 2.01. The van der Waals surface area contributed by atoms with Crippen LogP contribution in [0.5, 0.6) is 0 Å². The van der Waals surface area contributed by atoms with Crippen LogP contribution in [0.15, 0.2) is 5.38 Å². The van der Waals surface area contributed by atoms with E-state index in [4.69, 9.17) is 0 Å². The first-order chi connectivity index (χ1) is 7.45. The predicted molar refractivity (Wildman–Crippen MR) is 66.7 cm³/mol. The summed E-state index contributed by atoms with van der Waals surface area (Å²) in [6.07, 6.45) is 0.763. The summed E-state index contributed by atoms with van der Waals surface area (Å²) < 4.78 is 0. The first-order valence-electron chi connectivity index (χ1n) is 5.80. The van der Waals surface area contributed by atoms with Crippen molar-refractivity contribution in [1.29, 1.82) is 0 Å². The van der Waals surface area contributed by atoms with Gasteiger partial charge < -0.3 is 5.11 Å². The molecule has 3 nitrogen and oxygen atoms in total. The Morgan fingerprint density at radius 2 is 2.31 bits per heavy atom. The zero-order valence-electron chi connectivity index (χ0n) is 10.2. The monoisotopic (exact) mass is 240 g/mol. The molecule has 2 heterocycles. The van der Waals surface area contributed by atoms with E-state index in [1.165, 1.54) is 10.7 Å². The van der Waals surface area contributed by atoms with E-state index in [0.29, 0.717) is 0 Å². The average Bonchev–Trinajstić information content (AvgIpc) is 2.74. The van der Waals surface area contributed by atoms with Crippen LogP contribution in [0.25, 0.3) is 0 Å². The van der Waals surface area contributed by atoms with Crippen molar-refractivity contribution in [2.24, 2.45) is 0 Å². The van der Waals surface area contributed by atoms with E-state index >= 15 is 0 Å². The standard InChI is InChI=1S/C12H20N2OS/c1-12(2,3)10-8-16-11(13-10)7-14-5-4-9(15)6-14/h8-9,15H,4-7H2,1-3H3/t9-/m0/s1. The Morgan fingerprint density at radius 1 is 1.56 bits per heavy atom. The summed E-state index contributed by atoms with van der Waals surface area (Å²) in [7, 11) is 0. The molecule has 1 fully saturated rings. The molecule has 0 bridgehead atoms. The third-order valence-electron chi connectivity index (χ3n) is 2.93. The van der Waals surface area contributed by atoms with Gasteiger partial charge in [-0.3, -0.25) is 4.90 Å². The Bertz CT molecular complexity index is 356. The Kier molecular flexibility index (Phi) is 3.33. The lowest BCUT2D eigenvalue weighted by Gasteiger charge is -2.15. The fourth-order valence-corrected chi connectivity index (χ4v) is 2.94. The lowest BCUT2D eigenvalue weighted by Crippen LogP contribution is -2.21. The molecule has 1 N–H and O–H groups in total. The van der Waals surface area contributed by atoms with Crippen LogP contribution in [-0.4, -0.2) is 34.2 Å². The van der Waals surface area contributed by atoms with Crippen molar-refractivity contribution < 1.29 is 5.11 Å². The van der Waals surface area contributed by atoms with E-state index in [2.05, 4.69) is 36.0 Å². The van der Waals surface area contributed by atoms with Crippen molar-refractivity contribution in [1.82, 2.24) is 9.88 Å². The quantitative estimate of drug-likeness (QED) is 0.859. The van der Waals surface area contributed by atoms with Gasteiger partial charge in [-0.15, -0.1) is 11.3 Å². The molecular formula is C12H20N2OS. The van der Waals surface area contributed by atoms with Gasteiger partial charge in [0.15, 0.2) is 0 Å². The lowest BCUT2D eigenvalue weighted by molar-refractivity contribution is 0.174.